The highest BCUT2D eigenvalue weighted by molar-refractivity contribution is 7.37. The molecule has 3 fully saturated rings. The molecule has 3 aliphatic rings. The topological polar surface area (TPSA) is 21.3 Å². The van der Waals surface area contributed by atoms with Gasteiger partial charge in [0.25, 0.3) is 0 Å². The van der Waals surface area contributed by atoms with Crippen LogP contribution < -0.4 is 5.32 Å². The number of fused-ring (bicyclic) bond motifs is 3. The Hall–Kier alpha value is -0.420. The Morgan fingerprint density at radius 2 is 2.23 bits per heavy atom. The van der Waals surface area contributed by atoms with E-state index in [1.54, 1.807) is 0 Å². The Balaban J connectivity index is 1.31. The fourth-order valence-electron chi connectivity index (χ4n) is 5.01. The van der Waals surface area contributed by atoms with Gasteiger partial charge in [-0.3, -0.25) is 0 Å². The van der Waals surface area contributed by atoms with Gasteiger partial charge in [-0.25, -0.2) is 0 Å². The molecule has 118 valence electrons. The molecule has 22 heavy (non-hydrogen) atoms. The van der Waals surface area contributed by atoms with Gasteiger partial charge < -0.3 is 10.1 Å². The molecular weight excluding hydrogens is 310 g/mol. The molecule has 1 aliphatic heterocycles. The predicted octanol–water partition coefficient (Wildman–Crippen LogP) is 4.65. The van der Waals surface area contributed by atoms with Crippen LogP contribution in [-0.4, -0.2) is 18.8 Å². The zero-order chi connectivity index (χ0) is 14.5. The summed E-state index contributed by atoms with van der Waals surface area (Å²) in [5.74, 6) is 2.67. The van der Waals surface area contributed by atoms with Crippen molar-refractivity contribution in [3.05, 3.63) is 22.4 Å². The van der Waals surface area contributed by atoms with Gasteiger partial charge in [0.15, 0.2) is 0 Å². The molecular formula is C18H23NOS2. The molecule has 0 aromatic carbocycles. The molecule has 0 amide bonds. The molecule has 0 spiro atoms. The normalized spacial score (nSPS) is 37.5. The van der Waals surface area contributed by atoms with Gasteiger partial charge in [-0.2, -0.15) is 0 Å². The maximum atomic E-state index is 6.19. The van der Waals surface area contributed by atoms with Crippen molar-refractivity contribution in [1.29, 1.82) is 0 Å². The number of hydrogen-bond donors (Lipinski definition) is 1. The third kappa shape index (κ3) is 2.44. The summed E-state index contributed by atoms with van der Waals surface area (Å²) in [7, 11) is 0. The van der Waals surface area contributed by atoms with Gasteiger partial charge in [0.05, 0.1) is 10.1 Å². The average Bonchev–Trinajstić information content (AvgIpc) is 3.09. The Kier molecular flexibility index (Phi) is 3.55. The van der Waals surface area contributed by atoms with Crippen LogP contribution in [0.5, 0.6) is 0 Å². The van der Waals surface area contributed by atoms with Crippen LogP contribution in [0, 0.1) is 17.8 Å². The van der Waals surface area contributed by atoms with Crippen LogP contribution in [0.15, 0.2) is 17.5 Å². The Morgan fingerprint density at radius 1 is 1.23 bits per heavy atom. The SMILES string of the molecule is c1cc2cc(CNC3CC4CC5CC(CCC53)CO4)sc2s1. The first-order chi connectivity index (χ1) is 10.8. The van der Waals surface area contributed by atoms with Crippen LogP contribution in [0.4, 0.5) is 0 Å². The Morgan fingerprint density at radius 3 is 3.18 bits per heavy atom. The van der Waals surface area contributed by atoms with Crippen molar-refractivity contribution in [2.45, 2.75) is 50.8 Å². The van der Waals surface area contributed by atoms with Gasteiger partial charge in [0.2, 0.25) is 0 Å². The molecule has 3 bridgehead atoms. The highest BCUT2D eigenvalue weighted by Crippen LogP contribution is 2.46. The molecule has 1 N–H and O–H groups in total. The Bertz CT molecular complexity index is 632. The third-order valence-electron chi connectivity index (χ3n) is 6.05. The maximum absolute atomic E-state index is 6.19. The second-order valence-corrected chi connectivity index (χ2v) is 9.70. The van der Waals surface area contributed by atoms with Crippen LogP contribution in [0.25, 0.3) is 9.40 Å². The molecule has 5 atom stereocenters. The van der Waals surface area contributed by atoms with Crippen LogP contribution in [0.1, 0.15) is 37.0 Å². The lowest BCUT2D eigenvalue weighted by Crippen LogP contribution is -2.47. The monoisotopic (exact) mass is 333 g/mol. The van der Waals surface area contributed by atoms with E-state index < -0.39 is 0 Å². The van der Waals surface area contributed by atoms with Crippen molar-refractivity contribution < 1.29 is 4.74 Å². The fraction of sp³-hybridized carbons (Fsp3) is 0.667. The van der Waals surface area contributed by atoms with Crippen molar-refractivity contribution in [2.24, 2.45) is 17.8 Å². The zero-order valence-electron chi connectivity index (χ0n) is 12.8. The van der Waals surface area contributed by atoms with E-state index in [-0.39, 0.29) is 0 Å². The summed E-state index contributed by atoms with van der Waals surface area (Å²) < 4.78 is 7.66. The molecule has 0 radical (unpaired) electrons. The molecule has 2 nitrogen and oxygen atoms in total. The molecule has 5 unspecified atom stereocenters. The van der Waals surface area contributed by atoms with Gasteiger partial charge in [-0.1, -0.05) is 0 Å². The minimum absolute atomic E-state index is 0.522. The van der Waals surface area contributed by atoms with Crippen LogP contribution in [-0.2, 0) is 11.3 Å². The first kappa shape index (κ1) is 14.0. The number of hydrogen-bond acceptors (Lipinski definition) is 4. The van der Waals surface area contributed by atoms with Crippen LogP contribution in [0.3, 0.4) is 0 Å². The van der Waals surface area contributed by atoms with E-state index in [9.17, 15) is 0 Å². The van der Waals surface area contributed by atoms with Crippen LogP contribution in [0.2, 0.25) is 0 Å². The summed E-state index contributed by atoms with van der Waals surface area (Å²) >= 11 is 3.83. The lowest BCUT2D eigenvalue weighted by Gasteiger charge is -2.43. The van der Waals surface area contributed by atoms with E-state index in [2.05, 4.69) is 22.8 Å². The predicted molar refractivity (Wildman–Crippen MR) is 93.6 cm³/mol. The van der Waals surface area contributed by atoms with Crippen molar-refractivity contribution in [3.63, 3.8) is 0 Å². The van der Waals surface area contributed by atoms with Gasteiger partial charge in [0.1, 0.15) is 0 Å². The Labute approximate surface area is 139 Å². The lowest BCUT2D eigenvalue weighted by molar-refractivity contribution is 0.00838. The van der Waals surface area contributed by atoms with Crippen LogP contribution >= 0.6 is 22.7 Å². The minimum Gasteiger partial charge on any atom is -0.378 e. The first-order valence-electron chi connectivity index (χ1n) is 8.66. The summed E-state index contributed by atoms with van der Waals surface area (Å²) in [4.78, 5) is 1.49. The van der Waals surface area contributed by atoms with Crippen molar-refractivity contribution in [1.82, 2.24) is 5.32 Å². The van der Waals surface area contributed by atoms with E-state index >= 15 is 0 Å². The summed E-state index contributed by atoms with van der Waals surface area (Å²) in [6.07, 6.45) is 7.31. The largest absolute Gasteiger partial charge is 0.378 e. The molecule has 2 aromatic heterocycles. The van der Waals surface area contributed by atoms with E-state index in [4.69, 9.17) is 4.74 Å². The molecule has 2 aromatic rings. The smallest absolute Gasteiger partial charge is 0.0868 e. The fourth-order valence-corrected chi connectivity index (χ4v) is 7.11. The van der Waals surface area contributed by atoms with Crippen molar-refractivity contribution in [2.75, 3.05) is 6.61 Å². The van der Waals surface area contributed by atoms with Gasteiger partial charge >= 0.3 is 0 Å². The molecule has 2 saturated carbocycles. The first-order valence-corrected chi connectivity index (χ1v) is 10.4. The minimum atomic E-state index is 0.522. The highest BCUT2D eigenvalue weighted by Gasteiger charge is 2.43. The van der Waals surface area contributed by atoms with E-state index in [1.165, 1.54) is 46.4 Å². The maximum Gasteiger partial charge on any atom is 0.0868 e. The summed E-state index contributed by atoms with van der Waals surface area (Å²) in [5.41, 5.74) is 0. The lowest BCUT2D eigenvalue weighted by atomic mass is 9.65. The second kappa shape index (κ2) is 5.59. The standard InChI is InChI=1S/C18H23NOS2/c1-2-16-13-5-11(1)10-20-14(6-13)8-17(16)19-9-15-7-12-3-4-21-18(12)22-15/h3-4,7,11,13-14,16-17,19H,1-2,5-6,8-10H2. The number of thiophene rings is 2. The molecule has 4 heteroatoms. The summed E-state index contributed by atoms with van der Waals surface area (Å²) in [6.45, 7) is 2.07. The zero-order valence-corrected chi connectivity index (χ0v) is 14.4. The van der Waals surface area contributed by atoms with E-state index in [0.29, 0.717) is 12.1 Å². The number of ether oxygens (including phenoxy) is 1. The van der Waals surface area contributed by atoms with E-state index in [1.807, 2.05) is 22.7 Å². The summed E-state index contributed by atoms with van der Waals surface area (Å²) in [5, 5.41) is 7.52. The van der Waals surface area contributed by atoms with Crippen molar-refractivity contribution >= 4 is 32.1 Å². The number of rotatable bonds is 3. The highest BCUT2D eigenvalue weighted by atomic mass is 32.2. The van der Waals surface area contributed by atoms with Gasteiger partial charge in [-0.05, 0) is 67.4 Å². The van der Waals surface area contributed by atoms with E-state index in [0.717, 1.165) is 30.9 Å². The van der Waals surface area contributed by atoms with Gasteiger partial charge in [-0.15, -0.1) is 22.7 Å². The quantitative estimate of drug-likeness (QED) is 0.883. The van der Waals surface area contributed by atoms with Gasteiger partial charge in [0, 0.05) is 29.5 Å². The average molecular weight is 334 g/mol. The van der Waals surface area contributed by atoms with Crippen molar-refractivity contribution in [3.8, 4) is 0 Å². The second-order valence-electron chi connectivity index (χ2n) is 7.39. The molecule has 2 aliphatic carbocycles. The summed E-state index contributed by atoms with van der Waals surface area (Å²) in [6, 6.07) is 5.28. The molecule has 5 rings (SSSR count). The molecule has 3 heterocycles. The molecule has 1 saturated heterocycles. The third-order valence-corrected chi connectivity index (χ3v) is 8.26. The number of nitrogens with one attached hydrogen (secondary N) is 1.